The molecule has 0 atom stereocenters. The number of rotatable bonds is 6. The third kappa shape index (κ3) is 3.85. The van der Waals surface area contributed by atoms with Crippen molar-refractivity contribution >= 4 is 11.6 Å². The van der Waals surface area contributed by atoms with Crippen molar-refractivity contribution < 1.29 is 14.3 Å². The van der Waals surface area contributed by atoms with Crippen molar-refractivity contribution in [2.75, 3.05) is 19.5 Å². The molecule has 6 heteroatoms. The van der Waals surface area contributed by atoms with Gasteiger partial charge in [0.05, 0.1) is 32.6 Å². The zero-order chi connectivity index (χ0) is 18.5. The normalized spacial score (nSPS) is 10.4. The van der Waals surface area contributed by atoms with Crippen molar-refractivity contribution in [3.63, 3.8) is 0 Å². The Labute approximate surface area is 152 Å². The molecule has 0 spiro atoms. The third-order valence-electron chi connectivity index (χ3n) is 4.13. The van der Waals surface area contributed by atoms with Crippen LogP contribution in [-0.4, -0.2) is 29.9 Å². The molecule has 2 aromatic carbocycles. The second kappa shape index (κ2) is 7.74. The van der Waals surface area contributed by atoms with Crippen LogP contribution in [-0.2, 0) is 6.54 Å². The van der Waals surface area contributed by atoms with Crippen LogP contribution in [0.2, 0.25) is 0 Å². The van der Waals surface area contributed by atoms with Gasteiger partial charge in [-0.1, -0.05) is 24.3 Å². The van der Waals surface area contributed by atoms with Crippen LogP contribution in [0.4, 0.5) is 5.69 Å². The van der Waals surface area contributed by atoms with Crippen LogP contribution in [0.15, 0.2) is 54.9 Å². The largest absolute Gasteiger partial charge is 0.493 e. The monoisotopic (exact) mass is 351 g/mol. The summed E-state index contributed by atoms with van der Waals surface area (Å²) >= 11 is 0. The van der Waals surface area contributed by atoms with E-state index in [1.807, 2.05) is 18.3 Å². The fourth-order valence-corrected chi connectivity index (χ4v) is 2.66. The number of hydrogen-bond donors (Lipinski definition) is 1. The summed E-state index contributed by atoms with van der Waals surface area (Å²) in [6.45, 7) is 2.72. The van der Waals surface area contributed by atoms with Crippen molar-refractivity contribution in [3.8, 4) is 11.5 Å². The van der Waals surface area contributed by atoms with Gasteiger partial charge in [-0.15, -0.1) is 0 Å². The van der Waals surface area contributed by atoms with Crippen LogP contribution < -0.4 is 14.8 Å². The van der Waals surface area contributed by atoms with Crippen molar-refractivity contribution in [2.24, 2.45) is 0 Å². The Bertz CT molecular complexity index is 918. The minimum absolute atomic E-state index is 0.235. The summed E-state index contributed by atoms with van der Waals surface area (Å²) < 4.78 is 12.2. The minimum atomic E-state index is -0.235. The molecule has 1 aromatic heterocycles. The second-order valence-electron chi connectivity index (χ2n) is 5.88. The van der Waals surface area contributed by atoms with Crippen molar-refractivity contribution in [3.05, 3.63) is 71.5 Å². The van der Waals surface area contributed by atoms with Crippen LogP contribution in [0.25, 0.3) is 0 Å². The summed E-state index contributed by atoms with van der Waals surface area (Å²) in [5.74, 6) is 0.854. The molecule has 0 aliphatic heterocycles. The Morgan fingerprint density at radius 1 is 1.12 bits per heavy atom. The highest BCUT2D eigenvalue weighted by Gasteiger charge is 2.12. The van der Waals surface area contributed by atoms with Gasteiger partial charge < -0.3 is 14.8 Å². The van der Waals surface area contributed by atoms with Gasteiger partial charge in [0.1, 0.15) is 0 Å². The number of nitrogens with zero attached hydrogens (tertiary/aromatic N) is 2. The molecular formula is C20H21N3O3. The third-order valence-corrected chi connectivity index (χ3v) is 4.13. The number of hydrogen-bond acceptors (Lipinski definition) is 4. The molecule has 1 N–H and O–H groups in total. The Morgan fingerprint density at radius 2 is 1.88 bits per heavy atom. The molecule has 0 aliphatic carbocycles. The predicted molar refractivity (Wildman–Crippen MR) is 100 cm³/mol. The van der Waals surface area contributed by atoms with E-state index in [-0.39, 0.29) is 5.91 Å². The average Bonchev–Trinajstić information content (AvgIpc) is 3.09. The van der Waals surface area contributed by atoms with Gasteiger partial charge in [0.25, 0.3) is 5.91 Å². The summed E-state index contributed by atoms with van der Waals surface area (Å²) in [5.41, 5.74) is 3.51. The first-order valence-electron chi connectivity index (χ1n) is 8.21. The van der Waals surface area contributed by atoms with E-state index in [9.17, 15) is 4.79 Å². The fraction of sp³-hybridized carbons (Fsp3) is 0.200. The van der Waals surface area contributed by atoms with Crippen LogP contribution in [0.1, 0.15) is 21.5 Å². The maximum Gasteiger partial charge on any atom is 0.255 e. The molecule has 0 aliphatic rings. The van der Waals surface area contributed by atoms with E-state index >= 15 is 0 Å². The number of anilines is 1. The van der Waals surface area contributed by atoms with E-state index in [1.165, 1.54) is 18.2 Å². The number of carbonyl (C=O) groups excluding carboxylic acids is 1. The molecule has 1 amide bonds. The van der Waals surface area contributed by atoms with Gasteiger partial charge in [0.15, 0.2) is 11.5 Å². The molecular weight excluding hydrogens is 330 g/mol. The van der Waals surface area contributed by atoms with Crippen LogP contribution in [0.3, 0.4) is 0 Å². The van der Waals surface area contributed by atoms with Gasteiger partial charge >= 0.3 is 0 Å². The first kappa shape index (κ1) is 17.5. The van der Waals surface area contributed by atoms with Gasteiger partial charge in [0, 0.05) is 11.8 Å². The first-order chi connectivity index (χ1) is 12.6. The van der Waals surface area contributed by atoms with Crippen molar-refractivity contribution in [2.45, 2.75) is 13.5 Å². The molecule has 3 aromatic rings. The zero-order valence-corrected chi connectivity index (χ0v) is 15.0. The number of aromatic nitrogens is 2. The number of aryl methyl sites for hydroxylation is 1. The summed E-state index contributed by atoms with van der Waals surface area (Å²) in [6, 6.07) is 13.2. The second-order valence-corrected chi connectivity index (χ2v) is 5.88. The maximum absolute atomic E-state index is 12.5. The molecule has 0 saturated heterocycles. The van der Waals surface area contributed by atoms with E-state index in [4.69, 9.17) is 9.47 Å². The molecule has 6 nitrogen and oxygen atoms in total. The standard InChI is InChI=1S/C20H21N3O3/c1-14-6-4-5-7-16(14)12-23-13-17(11-21-23)22-20(24)15-8-9-18(25-2)19(10-15)26-3/h4-11,13H,12H2,1-3H3,(H,22,24). The molecule has 0 radical (unpaired) electrons. The van der Waals surface area contributed by atoms with Gasteiger partial charge in [-0.3, -0.25) is 9.48 Å². The highest BCUT2D eigenvalue weighted by Crippen LogP contribution is 2.27. The molecule has 26 heavy (non-hydrogen) atoms. The number of ether oxygens (including phenoxy) is 2. The molecule has 0 unspecified atom stereocenters. The van der Waals surface area contributed by atoms with Gasteiger partial charge in [-0.05, 0) is 36.2 Å². The van der Waals surface area contributed by atoms with E-state index in [0.29, 0.717) is 29.3 Å². The molecule has 3 rings (SSSR count). The predicted octanol–water partition coefficient (Wildman–Crippen LogP) is 3.51. The van der Waals surface area contributed by atoms with Crippen LogP contribution >= 0.6 is 0 Å². The Kier molecular flexibility index (Phi) is 5.22. The van der Waals surface area contributed by atoms with E-state index in [2.05, 4.69) is 29.5 Å². The Morgan fingerprint density at radius 3 is 2.62 bits per heavy atom. The minimum Gasteiger partial charge on any atom is -0.493 e. The first-order valence-corrected chi connectivity index (χ1v) is 8.21. The number of nitrogens with one attached hydrogen (secondary N) is 1. The quantitative estimate of drug-likeness (QED) is 0.738. The molecule has 1 heterocycles. The van der Waals surface area contributed by atoms with Gasteiger partial charge in [-0.25, -0.2) is 0 Å². The molecule has 0 fully saturated rings. The van der Waals surface area contributed by atoms with E-state index < -0.39 is 0 Å². The summed E-state index contributed by atoms with van der Waals surface area (Å²) in [4.78, 5) is 12.5. The molecule has 0 saturated carbocycles. The van der Waals surface area contributed by atoms with Crippen molar-refractivity contribution in [1.29, 1.82) is 0 Å². The van der Waals surface area contributed by atoms with E-state index in [0.717, 1.165) is 0 Å². The number of methoxy groups -OCH3 is 2. The maximum atomic E-state index is 12.5. The lowest BCUT2D eigenvalue weighted by molar-refractivity contribution is 0.102. The SMILES string of the molecule is COc1ccc(C(=O)Nc2cnn(Cc3ccccc3C)c2)cc1OC. The fourth-order valence-electron chi connectivity index (χ4n) is 2.66. The molecule has 134 valence electrons. The number of carbonyl (C=O) groups is 1. The van der Waals surface area contributed by atoms with Crippen LogP contribution in [0.5, 0.6) is 11.5 Å². The Balaban J connectivity index is 1.71. The number of amides is 1. The number of benzene rings is 2. The highest BCUT2D eigenvalue weighted by molar-refractivity contribution is 6.04. The van der Waals surface area contributed by atoms with Crippen LogP contribution in [0, 0.1) is 6.92 Å². The van der Waals surface area contributed by atoms with Gasteiger partial charge in [-0.2, -0.15) is 5.10 Å². The summed E-state index contributed by atoms with van der Waals surface area (Å²) in [5, 5.41) is 7.17. The topological polar surface area (TPSA) is 65.4 Å². The lowest BCUT2D eigenvalue weighted by Gasteiger charge is -2.09. The Hall–Kier alpha value is -3.28. The smallest absolute Gasteiger partial charge is 0.255 e. The molecule has 0 bridgehead atoms. The van der Waals surface area contributed by atoms with Crippen molar-refractivity contribution in [1.82, 2.24) is 9.78 Å². The summed E-state index contributed by atoms with van der Waals surface area (Å²) in [6.07, 6.45) is 3.45. The zero-order valence-electron chi connectivity index (χ0n) is 15.0. The summed E-state index contributed by atoms with van der Waals surface area (Å²) in [7, 11) is 3.09. The lowest BCUT2D eigenvalue weighted by atomic mass is 10.1. The average molecular weight is 351 g/mol. The van der Waals surface area contributed by atoms with Gasteiger partial charge in [0.2, 0.25) is 0 Å². The highest BCUT2D eigenvalue weighted by atomic mass is 16.5. The van der Waals surface area contributed by atoms with E-state index in [1.54, 1.807) is 36.2 Å². The lowest BCUT2D eigenvalue weighted by Crippen LogP contribution is -2.11.